The number of ketones is 1. The summed E-state index contributed by atoms with van der Waals surface area (Å²) < 4.78 is 0. The second kappa shape index (κ2) is 6.21. The van der Waals surface area contributed by atoms with E-state index >= 15 is 0 Å². The fourth-order valence-corrected chi connectivity index (χ4v) is 4.58. The van der Waals surface area contributed by atoms with Crippen molar-refractivity contribution in [3.63, 3.8) is 0 Å². The minimum absolute atomic E-state index is 0.176. The Kier molecular flexibility index (Phi) is 4.11. The molecule has 2 aliphatic rings. The molecule has 0 saturated carbocycles. The highest BCUT2D eigenvalue weighted by molar-refractivity contribution is 6.01. The normalized spacial score (nSPS) is 19.5. The largest absolute Gasteiger partial charge is 0.299 e. The highest BCUT2D eigenvalue weighted by atomic mass is 16.1. The molecular weight excluding hydrogens is 318 g/mol. The van der Waals surface area contributed by atoms with Gasteiger partial charge < -0.3 is 0 Å². The van der Waals surface area contributed by atoms with Crippen molar-refractivity contribution in [1.29, 1.82) is 0 Å². The number of hydrogen-bond acceptors (Lipinski definition) is 2. The van der Waals surface area contributed by atoms with E-state index in [9.17, 15) is 4.79 Å². The Labute approximate surface area is 156 Å². The van der Waals surface area contributed by atoms with E-state index in [1.807, 2.05) is 6.07 Å². The van der Waals surface area contributed by atoms with Crippen LogP contribution in [-0.4, -0.2) is 30.3 Å². The lowest BCUT2D eigenvalue weighted by molar-refractivity contribution is 0.101. The lowest BCUT2D eigenvalue weighted by Crippen LogP contribution is -2.34. The van der Waals surface area contributed by atoms with Gasteiger partial charge in [0.15, 0.2) is 5.78 Å². The molecule has 2 aromatic carbocycles. The molecule has 134 valence electrons. The molecule has 1 aliphatic heterocycles. The van der Waals surface area contributed by atoms with Crippen LogP contribution in [0.2, 0.25) is 0 Å². The van der Waals surface area contributed by atoms with Crippen molar-refractivity contribution in [2.45, 2.75) is 46.6 Å². The van der Waals surface area contributed by atoms with E-state index in [0.717, 1.165) is 24.9 Å². The van der Waals surface area contributed by atoms with Gasteiger partial charge in [-0.1, -0.05) is 30.3 Å². The monoisotopic (exact) mass is 345 g/mol. The summed E-state index contributed by atoms with van der Waals surface area (Å²) in [6.45, 7) is 9.38. The number of Topliss-reactive ketones (excluding diaryl/α,β-unsaturated/α-hetero) is 1. The van der Waals surface area contributed by atoms with Gasteiger partial charge in [0, 0.05) is 18.2 Å². The van der Waals surface area contributed by atoms with Crippen LogP contribution in [0.5, 0.6) is 0 Å². The maximum atomic E-state index is 12.3. The van der Waals surface area contributed by atoms with Crippen LogP contribution in [0.4, 0.5) is 0 Å². The molecule has 1 unspecified atom stereocenters. The Balaban J connectivity index is 1.98. The molecule has 0 aromatic heterocycles. The lowest BCUT2D eigenvalue weighted by Gasteiger charge is -2.31. The molecule has 0 N–H and O–H groups in total. The zero-order valence-corrected chi connectivity index (χ0v) is 16.4. The molecule has 1 atom stereocenters. The smallest absolute Gasteiger partial charge is 0.160 e. The summed E-state index contributed by atoms with van der Waals surface area (Å²) in [6.07, 6.45) is 1.99. The van der Waals surface area contributed by atoms with E-state index in [1.54, 1.807) is 6.92 Å². The average molecular weight is 345 g/mol. The zero-order valence-electron chi connectivity index (χ0n) is 16.4. The van der Waals surface area contributed by atoms with Crippen LogP contribution in [0.15, 0.2) is 35.9 Å². The van der Waals surface area contributed by atoms with Crippen LogP contribution in [0, 0.1) is 13.8 Å². The molecule has 0 radical (unpaired) electrons. The number of rotatable bonds is 2. The number of aryl methyl sites for hydroxylation is 1. The van der Waals surface area contributed by atoms with Gasteiger partial charge in [0.05, 0.1) is 0 Å². The summed E-state index contributed by atoms with van der Waals surface area (Å²) in [5, 5.41) is 0. The second-order valence-corrected chi connectivity index (χ2v) is 8.05. The van der Waals surface area contributed by atoms with Crippen LogP contribution in [0.3, 0.4) is 0 Å². The first kappa shape index (κ1) is 17.2. The molecule has 0 fully saturated rings. The Morgan fingerprint density at radius 3 is 2.62 bits per heavy atom. The summed E-state index contributed by atoms with van der Waals surface area (Å²) in [5.41, 5.74) is 11.7. The van der Waals surface area contributed by atoms with E-state index in [-0.39, 0.29) is 5.78 Å². The Morgan fingerprint density at radius 2 is 1.88 bits per heavy atom. The van der Waals surface area contributed by atoms with Crippen molar-refractivity contribution >= 4 is 11.4 Å². The van der Waals surface area contributed by atoms with E-state index in [2.05, 4.69) is 57.0 Å². The zero-order chi connectivity index (χ0) is 18.6. The van der Waals surface area contributed by atoms with Crippen LogP contribution in [-0.2, 0) is 6.42 Å². The van der Waals surface area contributed by atoms with Gasteiger partial charge in [0.2, 0.25) is 0 Å². The second-order valence-electron chi connectivity index (χ2n) is 8.05. The number of likely N-dealkylation sites (N-methyl/N-ethyl adjacent to an activating group) is 1. The molecule has 2 nitrogen and oxygen atoms in total. The average Bonchev–Trinajstić information content (AvgIpc) is 2.95. The summed E-state index contributed by atoms with van der Waals surface area (Å²) in [5.74, 6) is 0.176. The topological polar surface area (TPSA) is 20.3 Å². The third kappa shape index (κ3) is 2.55. The SMILES string of the molecule is CC(=O)c1ccc(-c2cccc(C)c2C)c2c1CC1=C2CC(C)N(C)C1. The molecule has 1 aliphatic carbocycles. The van der Waals surface area contributed by atoms with Crippen molar-refractivity contribution < 1.29 is 4.79 Å². The van der Waals surface area contributed by atoms with E-state index < -0.39 is 0 Å². The van der Waals surface area contributed by atoms with Gasteiger partial charge in [-0.05, 0) is 92.1 Å². The van der Waals surface area contributed by atoms with Crippen molar-refractivity contribution in [2.75, 3.05) is 13.6 Å². The number of fused-ring (bicyclic) bond motifs is 2. The third-order valence-corrected chi connectivity index (χ3v) is 6.40. The summed E-state index contributed by atoms with van der Waals surface area (Å²) in [6, 6.07) is 11.3. The molecule has 0 spiro atoms. The fourth-order valence-electron chi connectivity index (χ4n) is 4.58. The number of benzene rings is 2. The maximum Gasteiger partial charge on any atom is 0.160 e. The maximum absolute atomic E-state index is 12.3. The van der Waals surface area contributed by atoms with Gasteiger partial charge in [-0.2, -0.15) is 0 Å². The highest BCUT2D eigenvalue weighted by Crippen LogP contribution is 2.46. The standard InChI is InChI=1S/C24H27NO/c1-14-7-6-8-19(16(14)3)21-10-9-20(17(4)26)23-12-18-13-25(5)15(2)11-22(18)24(21)23/h6-10,15H,11-13H2,1-5H3. The molecule has 2 heteroatoms. The van der Waals surface area contributed by atoms with Gasteiger partial charge in [0.1, 0.15) is 0 Å². The van der Waals surface area contributed by atoms with Crippen molar-refractivity contribution in [1.82, 2.24) is 4.90 Å². The summed E-state index contributed by atoms with van der Waals surface area (Å²) in [7, 11) is 2.20. The van der Waals surface area contributed by atoms with Crippen molar-refractivity contribution in [3.05, 3.63) is 63.7 Å². The molecule has 0 bridgehead atoms. The van der Waals surface area contributed by atoms with Gasteiger partial charge in [-0.25, -0.2) is 0 Å². The Bertz CT molecular complexity index is 951. The highest BCUT2D eigenvalue weighted by Gasteiger charge is 2.33. The quantitative estimate of drug-likeness (QED) is 0.697. The molecule has 1 heterocycles. The molecule has 0 saturated heterocycles. The van der Waals surface area contributed by atoms with E-state index in [1.165, 1.54) is 44.5 Å². The van der Waals surface area contributed by atoms with Gasteiger partial charge in [-0.3, -0.25) is 9.69 Å². The number of carbonyl (C=O) groups excluding carboxylic acids is 1. The molecule has 0 amide bonds. The molecule has 4 rings (SSSR count). The lowest BCUT2D eigenvalue weighted by atomic mass is 9.85. The number of nitrogens with zero attached hydrogens (tertiary/aromatic N) is 1. The first-order chi connectivity index (χ1) is 12.4. The Hall–Kier alpha value is -2.19. The van der Waals surface area contributed by atoms with Crippen LogP contribution < -0.4 is 0 Å². The Morgan fingerprint density at radius 1 is 1.12 bits per heavy atom. The molecule has 2 aromatic rings. The van der Waals surface area contributed by atoms with Crippen LogP contribution >= 0.6 is 0 Å². The third-order valence-electron chi connectivity index (χ3n) is 6.40. The fraction of sp³-hybridized carbons (Fsp3) is 0.375. The predicted octanol–water partition coefficient (Wildman–Crippen LogP) is 5.21. The van der Waals surface area contributed by atoms with Crippen molar-refractivity contribution in [2.24, 2.45) is 0 Å². The van der Waals surface area contributed by atoms with Gasteiger partial charge in [-0.15, -0.1) is 0 Å². The number of carbonyl (C=O) groups is 1. The first-order valence-corrected chi connectivity index (χ1v) is 9.53. The van der Waals surface area contributed by atoms with Crippen LogP contribution in [0.25, 0.3) is 16.7 Å². The van der Waals surface area contributed by atoms with Gasteiger partial charge in [0.25, 0.3) is 0 Å². The summed E-state index contributed by atoms with van der Waals surface area (Å²) in [4.78, 5) is 14.7. The van der Waals surface area contributed by atoms with Crippen molar-refractivity contribution in [3.8, 4) is 11.1 Å². The van der Waals surface area contributed by atoms with E-state index in [0.29, 0.717) is 6.04 Å². The minimum Gasteiger partial charge on any atom is -0.299 e. The van der Waals surface area contributed by atoms with Gasteiger partial charge >= 0.3 is 0 Å². The minimum atomic E-state index is 0.176. The molecule has 26 heavy (non-hydrogen) atoms. The number of hydrogen-bond donors (Lipinski definition) is 0. The van der Waals surface area contributed by atoms with Crippen LogP contribution in [0.1, 0.15) is 52.9 Å². The predicted molar refractivity (Wildman–Crippen MR) is 109 cm³/mol. The molecular formula is C24H27NO. The summed E-state index contributed by atoms with van der Waals surface area (Å²) >= 11 is 0. The van der Waals surface area contributed by atoms with E-state index in [4.69, 9.17) is 0 Å². The first-order valence-electron chi connectivity index (χ1n) is 9.53.